The molecule has 0 atom stereocenters. The molecule has 2 aliphatic rings. The Morgan fingerprint density at radius 2 is 2.03 bits per heavy atom. The van der Waals surface area contributed by atoms with E-state index in [0.717, 1.165) is 31.6 Å². The summed E-state index contributed by atoms with van der Waals surface area (Å²) in [7, 11) is -2.35. The summed E-state index contributed by atoms with van der Waals surface area (Å²) < 4.78 is 37.7. The summed E-state index contributed by atoms with van der Waals surface area (Å²) in [6, 6.07) is 4.50. The maximum Gasteiger partial charge on any atom is 0.340 e. The minimum Gasteiger partial charge on any atom is -0.462 e. The van der Waals surface area contributed by atoms with E-state index in [0.29, 0.717) is 53.4 Å². The van der Waals surface area contributed by atoms with E-state index in [2.05, 4.69) is 19.9 Å². The minimum absolute atomic E-state index is 0.0618. The molecule has 1 fully saturated rings. The molecule has 1 aromatic carbocycles. The van der Waals surface area contributed by atoms with Gasteiger partial charge in [0.25, 0.3) is 5.91 Å². The fraction of sp³-hybridized carbons (Fsp3) is 0.440. The van der Waals surface area contributed by atoms with Crippen LogP contribution in [-0.2, 0) is 30.7 Å². The van der Waals surface area contributed by atoms with Gasteiger partial charge in [-0.25, -0.2) is 17.9 Å². The summed E-state index contributed by atoms with van der Waals surface area (Å²) >= 11 is 0. The number of anilines is 1. The average molecular weight is 517 g/mol. The summed E-state index contributed by atoms with van der Waals surface area (Å²) in [6.45, 7) is 7.87. The molecule has 0 spiro atoms. The molecule has 0 bridgehead atoms. The number of carbonyl (C=O) groups is 2. The summed E-state index contributed by atoms with van der Waals surface area (Å²) in [4.78, 5) is 31.3. The number of H-pyrrole nitrogens is 1. The lowest BCUT2D eigenvalue weighted by Crippen LogP contribution is -2.37. The van der Waals surface area contributed by atoms with Gasteiger partial charge in [0, 0.05) is 35.7 Å². The Balaban J connectivity index is 1.71. The SMILES string of the molecule is CCOC(=O)c1c(C)[nH]c(/C=C2\C(=O)Nc3ccc(S(=O)(=O)NC)cc32)c1CCCN1CCOCC1. The molecule has 0 radical (unpaired) electrons. The zero-order chi connectivity index (χ0) is 25.9. The van der Waals surface area contributed by atoms with Gasteiger partial charge in [0.05, 0.1) is 35.9 Å². The number of hydrogen-bond donors (Lipinski definition) is 3. The van der Waals surface area contributed by atoms with E-state index < -0.39 is 16.0 Å². The second-order valence-electron chi connectivity index (χ2n) is 8.72. The van der Waals surface area contributed by atoms with E-state index in [9.17, 15) is 18.0 Å². The topological polar surface area (TPSA) is 130 Å². The number of aryl methyl sites for hydroxylation is 1. The predicted molar refractivity (Wildman–Crippen MR) is 136 cm³/mol. The van der Waals surface area contributed by atoms with Gasteiger partial charge in [-0.15, -0.1) is 0 Å². The number of aromatic nitrogens is 1. The van der Waals surface area contributed by atoms with E-state index in [1.807, 2.05) is 0 Å². The Kier molecular flexibility index (Phi) is 7.94. The van der Waals surface area contributed by atoms with Crippen LogP contribution in [0, 0.1) is 6.92 Å². The molecule has 3 N–H and O–H groups in total. The fourth-order valence-corrected chi connectivity index (χ4v) is 5.36. The molecule has 3 heterocycles. The molecule has 36 heavy (non-hydrogen) atoms. The lowest BCUT2D eigenvalue weighted by molar-refractivity contribution is -0.110. The van der Waals surface area contributed by atoms with Crippen LogP contribution in [0.1, 0.15) is 46.2 Å². The molecule has 0 unspecified atom stereocenters. The van der Waals surface area contributed by atoms with Crippen LogP contribution in [0.5, 0.6) is 0 Å². The molecule has 0 aliphatic carbocycles. The number of carbonyl (C=O) groups excluding carboxylic acids is 2. The molecule has 1 saturated heterocycles. The van der Waals surface area contributed by atoms with Crippen LogP contribution in [0.25, 0.3) is 11.6 Å². The first-order chi connectivity index (χ1) is 17.2. The molecule has 10 nitrogen and oxygen atoms in total. The third-order valence-corrected chi connectivity index (χ3v) is 7.86. The number of nitrogens with one attached hydrogen (secondary N) is 3. The van der Waals surface area contributed by atoms with Crippen LogP contribution in [0.4, 0.5) is 5.69 Å². The normalized spacial score (nSPS) is 17.3. The molecular formula is C25H32N4O6S. The van der Waals surface area contributed by atoms with Gasteiger partial charge in [-0.2, -0.15) is 0 Å². The van der Waals surface area contributed by atoms with Crippen LogP contribution in [0.2, 0.25) is 0 Å². The smallest absolute Gasteiger partial charge is 0.340 e. The highest BCUT2D eigenvalue weighted by Gasteiger charge is 2.28. The number of sulfonamides is 1. The monoisotopic (exact) mass is 516 g/mol. The van der Waals surface area contributed by atoms with Crippen molar-refractivity contribution < 1.29 is 27.5 Å². The molecule has 4 rings (SSSR count). The number of amides is 1. The van der Waals surface area contributed by atoms with Gasteiger partial charge in [0.1, 0.15) is 0 Å². The van der Waals surface area contributed by atoms with Crippen molar-refractivity contribution in [3.05, 3.63) is 46.3 Å². The molecule has 1 amide bonds. The Hall–Kier alpha value is -2.99. The first kappa shape index (κ1) is 26.1. The molecule has 1 aromatic heterocycles. The van der Waals surface area contributed by atoms with E-state index in [1.54, 1.807) is 26.0 Å². The van der Waals surface area contributed by atoms with Gasteiger partial charge in [0.15, 0.2) is 0 Å². The van der Waals surface area contributed by atoms with E-state index in [1.165, 1.54) is 19.2 Å². The predicted octanol–water partition coefficient (Wildman–Crippen LogP) is 2.17. The molecule has 194 valence electrons. The van der Waals surface area contributed by atoms with Crippen molar-refractivity contribution >= 4 is 39.2 Å². The Morgan fingerprint density at radius 1 is 1.28 bits per heavy atom. The second kappa shape index (κ2) is 11.0. The fourth-order valence-electron chi connectivity index (χ4n) is 4.61. The molecule has 11 heteroatoms. The van der Waals surface area contributed by atoms with Gasteiger partial charge in [0.2, 0.25) is 10.0 Å². The summed E-state index contributed by atoms with van der Waals surface area (Å²) in [6.07, 6.45) is 3.11. The van der Waals surface area contributed by atoms with Crippen molar-refractivity contribution in [2.45, 2.75) is 31.6 Å². The van der Waals surface area contributed by atoms with Gasteiger partial charge in [-0.1, -0.05) is 0 Å². The number of hydrogen-bond acceptors (Lipinski definition) is 7. The zero-order valence-corrected chi connectivity index (χ0v) is 21.6. The highest BCUT2D eigenvalue weighted by Crippen LogP contribution is 2.36. The Bertz CT molecular complexity index is 1290. The van der Waals surface area contributed by atoms with Crippen molar-refractivity contribution in [3.8, 4) is 0 Å². The van der Waals surface area contributed by atoms with Gasteiger partial charge in [-0.3, -0.25) is 9.69 Å². The van der Waals surface area contributed by atoms with Crippen LogP contribution in [0.15, 0.2) is 23.1 Å². The van der Waals surface area contributed by atoms with Crippen LogP contribution >= 0.6 is 0 Å². The van der Waals surface area contributed by atoms with Crippen LogP contribution in [-0.4, -0.2) is 76.7 Å². The van der Waals surface area contributed by atoms with Crippen LogP contribution < -0.4 is 10.0 Å². The second-order valence-corrected chi connectivity index (χ2v) is 10.6. The number of esters is 1. The van der Waals surface area contributed by atoms with Crippen molar-refractivity contribution in [1.82, 2.24) is 14.6 Å². The molecular weight excluding hydrogens is 484 g/mol. The zero-order valence-electron chi connectivity index (χ0n) is 20.8. The lowest BCUT2D eigenvalue weighted by Gasteiger charge is -2.26. The van der Waals surface area contributed by atoms with Crippen molar-refractivity contribution in [2.24, 2.45) is 0 Å². The maximum atomic E-state index is 12.9. The largest absolute Gasteiger partial charge is 0.462 e. The van der Waals surface area contributed by atoms with Crippen molar-refractivity contribution in [3.63, 3.8) is 0 Å². The molecule has 2 aliphatic heterocycles. The third-order valence-electron chi connectivity index (χ3n) is 6.45. The first-order valence-electron chi connectivity index (χ1n) is 12.0. The molecule has 0 saturated carbocycles. The quantitative estimate of drug-likeness (QED) is 0.344. The van der Waals surface area contributed by atoms with Crippen LogP contribution in [0.3, 0.4) is 0 Å². The first-order valence-corrected chi connectivity index (χ1v) is 13.5. The number of fused-ring (bicyclic) bond motifs is 1. The van der Waals surface area contributed by atoms with Gasteiger partial charge in [-0.05, 0) is 70.1 Å². The van der Waals surface area contributed by atoms with E-state index >= 15 is 0 Å². The highest BCUT2D eigenvalue weighted by atomic mass is 32.2. The minimum atomic E-state index is -3.68. The number of morpholine rings is 1. The number of ether oxygens (including phenoxy) is 2. The lowest BCUT2D eigenvalue weighted by atomic mass is 10.00. The Labute approximate surface area is 211 Å². The highest BCUT2D eigenvalue weighted by molar-refractivity contribution is 7.89. The Morgan fingerprint density at radius 3 is 2.72 bits per heavy atom. The van der Waals surface area contributed by atoms with E-state index in [-0.39, 0.29) is 17.4 Å². The molecule has 2 aromatic rings. The number of nitrogens with zero attached hydrogens (tertiary/aromatic N) is 1. The average Bonchev–Trinajstić information content (AvgIpc) is 3.35. The van der Waals surface area contributed by atoms with Gasteiger partial charge < -0.3 is 19.8 Å². The van der Waals surface area contributed by atoms with E-state index in [4.69, 9.17) is 9.47 Å². The number of aromatic amines is 1. The number of rotatable bonds is 9. The third kappa shape index (κ3) is 5.39. The van der Waals surface area contributed by atoms with Crippen molar-refractivity contribution in [1.29, 1.82) is 0 Å². The number of benzene rings is 1. The summed E-state index contributed by atoms with van der Waals surface area (Å²) in [5.41, 5.74) is 3.90. The van der Waals surface area contributed by atoms with Crippen molar-refractivity contribution in [2.75, 3.05) is 51.8 Å². The summed E-state index contributed by atoms with van der Waals surface area (Å²) in [5, 5.41) is 2.79. The standard InChI is InChI=1S/C25H32N4O6S/c1-4-35-25(31)23-16(2)27-22(18(23)6-5-9-29-10-12-34-13-11-29)15-20-19-14-17(36(32,33)26-3)7-8-21(19)28-24(20)30/h7-8,14-15,26-27H,4-6,9-13H2,1-3H3,(H,28,30)/b20-15-. The summed E-state index contributed by atoms with van der Waals surface area (Å²) in [5.74, 6) is -0.746. The maximum absolute atomic E-state index is 12.9. The van der Waals surface area contributed by atoms with Gasteiger partial charge >= 0.3 is 5.97 Å².